The highest BCUT2D eigenvalue weighted by atomic mass is 32.2. The minimum absolute atomic E-state index is 0.101. The number of aryl methyl sites for hydroxylation is 2. The first-order valence-corrected chi connectivity index (χ1v) is 16.1. The minimum Gasteiger partial charge on any atom is -0.289 e. The number of carbonyl (C=O) groups is 2. The van der Waals surface area contributed by atoms with Gasteiger partial charge in [0.15, 0.2) is 11.6 Å². The van der Waals surface area contributed by atoms with Crippen LogP contribution >= 0.6 is 23.5 Å². The molecule has 0 spiro atoms. The predicted molar refractivity (Wildman–Crippen MR) is 181 cm³/mol. The number of hydrogen-bond donors (Lipinski definition) is 0. The molecule has 7 rings (SSSR count). The third kappa shape index (κ3) is 5.21. The summed E-state index contributed by atoms with van der Waals surface area (Å²) in [5.41, 5.74) is 8.93. The second kappa shape index (κ2) is 11.8. The zero-order chi connectivity index (χ0) is 30.2. The van der Waals surface area contributed by atoms with Crippen LogP contribution in [0.4, 0.5) is 0 Å². The molecule has 6 aromatic rings. The lowest BCUT2D eigenvalue weighted by Crippen LogP contribution is -2.22. The van der Waals surface area contributed by atoms with Gasteiger partial charge in [-0.3, -0.25) is 9.59 Å². The maximum absolute atomic E-state index is 14.3. The standard InChI is InChI=1S/C40H28O2S2/c1-25-23-29(19-21-31(25)27-11-5-3-6-12-27)43-35-17-9-15-33-37(35)40(42)38-34(39(33)41)16-10-18-36(38)44-30-20-22-32(26(2)24-30)28-13-7-4-8-14-28/h3-24H,1-2H3. The molecule has 6 aromatic carbocycles. The van der Waals surface area contributed by atoms with Crippen molar-refractivity contribution in [1.29, 1.82) is 0 Å². The molecule has 0 saturated carbocycles. The number of benzene rings is 6. The highest BCUT2D eigenvalue weighted by molar-refractivity contribution is 7.99. The van der Waals surface area contributed by atoms with Crippen LogP contribution in [0.2, 0.25) is 0 Å². The molecule has 0 saturated heterocycles. The molecule has 0 aromatic heterocycles. The lowest BCUT2D eigenvalue weighted by atomic mass is 9.84. The smallest absolute Gasteiger partial charge is 0.196 e. The summed E-state index contributed by atoms with van der Waals surface area (Å²) in [5, 5.41) is 0. The quantitative estimate of drug-likeness (QED) is 0.189. The molecule has 44 heavy (non-hydrogen) atoms. The average molecular weight is 605 g/mol. The van der Waals surface area contributed by atoms with Crippen LogP contribution in [0.25, 0.3) is 22.3 Å². The van der Waals surface area contributed by atoms with Crippen molar-refractivity contribution in [2.75, 3.05) is 0 Å². The summed E-state index contributed by atoms with van der Waals surface area (Å²) in [6.07, 6.45) is 0. The number of carbonyl (C=O) groups excluding carboxylic acids is 2. The van der Waals surface area contributed by atoms with Crippen LogP contribution in [-0.4, -0.2) is 11.6 Å². The first kappa shape index (κ1) is 28.1. The van der Waals surface area contributed by atoms with Gasteiger partial charge >= 0.3 is 0 Å². The maximum atomic E-state index is 14.3. The van der Waals surface area contributed by atoms with Crippen LogP contribution in [0, 0.1) is 13.8 Å². The largest absolute Gasteiger partial charge is 0.289 e. The van der Waals surface area contributed by atoms with Gasteiger partial charge in [-0.2, -0.15) is 0 Å². The monoisotopic (exact) mass is 604 g/mol. The molecule has 0 bridgehead atoms. The van der Waals surface area contributed by atoms with E-state index in [2.05, 4.69) is 74.5 Å². The lowest BCUT2D eigenvalue weighted by molar-refractivity contribution is 0.0974. The van der Waals surface area contributed by atoms with E-state index < -0.39 is 0 Å². The normalized spacial score (nSPS) is 12.1. The summed E-state index contributed by atoms with van der Waals surface area (Å²) in [4.78, 5) is 31.8. The molecular weight excluding hydrogens is 577 g/mol. The third-order valence-corrected chi connectivity index (χ3v) is 10.1. The number of fused-ring (bicyclic) bond motifs is 2. The van der Waals surface area contributed by atoms with Crippen LogP contribution in [-0.2, 0) is 0 Å². The Morgan fingerprint density at radius 1 is 0.409 bits per heavy atom. The van der Waals surface area contributed by atoms with E-state index in [1.807, 2.05) is 60.7 Å². The Balaban J connectivity index is 1.22. The van der Waals surface area contributed by atoms with Crippen molar-refractivity contribution in [1.82, 2.24) is 0 Å². The second-order valence-corrected chi connectivity index (χ2v) is 13.1. The van der Waals surface area contributed by atoms with Crippen molar-refractivity contribution < 1.29 is 9.59 Å². The molecule has 2 nitrogen and oxygen atoms in total. The Hall–Kier alpha value is -4.64. The van der Waals surface area contributed by atoms with E-state index >= 15 is 0 Å². The minimum atomic E-state index is -0.106. The highest BCUT2D eigenvalue weighted by Gasteiger charge is 2.34. The molecule has 0 unspecified atom stereocenters. The molecule has 0 N–H and O–H groups in total. The van der Waals surface area contributed by atoms with Crippen LogP contribution in [0.3, 0.4) is 0 Å². The van der Waals surface area contributed by atoms with Crippen molar-refractivity contribution in [3.8, 4) is 22.3 Å². The molecule has 0 heterocycles. The molecule has 1 aliphatic carbocycles. The second-order valence-electron chi connectivity index (χ2n) is 10.9. The molecule has 4 heteroatoms. The highest BCUT2D eigenvalue weighted by Crippen LogP contribution is 2.42. The van der Waals surface area contributed by atoms with Crippen molar-refractivity contribution in [3.05, 3.63) is 167 Å². The van der Waals surface area contributed by atoms with Gasteiger partial charge < -0.3 is 0 Å². The molecular formula is C40H28O2S2. The molecule has 0 radical (unpaired) electrons. The molecule has 0 amide bonds. The van der Waals surface area contributed by atoms with Gasteiger partial charge in [-0.25, -0.2) is 0 Å². The molecule has 0 atom stereocenters. The molecule has 0 aliphatic heterocycles. The van der Waals surface area contributed by atoms with E-state index in [4.69, 9.17) is 0 Å². The Kier molecular flexibility index (Phi) is 7.55. The predicted octanol–water partition coefficient (Wildman–Crippen LogP) is 10.7. The van der Waals surface area contributed by atoms with E-state index in [0.717, 1.165) is 30.7 Å². The van der Waals surface area contributed by atoms with E-state index in [1.165, 1.54) is 45.8 Å². The zero-order valence-electron chi connectivity index (χ0n) is 24.3. The summed E-state index contributed by atoms with van der Waals surface area (Å²) in [6.45, 7) is 4.21. The van der Waals surface area contributed by atoms with Crippen LogP contribution in [0.1, 0.15) is 43.0 Å². The Morgan fingerprint density at radius 2 is 0.841 bits per heavy atom. The van der Waals surface area contributed by atoms with Crippen molar-refractivity contribution >= 4 is 35.1 Å². The van der Waals surface area contributed by atoms with E-state index in [0.29, 0.717) is 22.3 Å². The maximum Gasteiger partial charge on any atom is 0.196 e. The van der Waals surface area contributed by atoms with Gasteiger partial charge in [0.25, 0.3) is 0 Å². The van der Waals surface area contributed by atoms with Crippen LogP contribution in [0.15, 0.2) is 153 Å². The van der Waals surface area contributed by atoms with Gasteiger partial charge in [0.05, 0.1) is 0 Å². The Morgan fingerprint density at radius 3 is 1.25 bits per heavy atom. The average Bonchev–Trinajstić information content (AvgIpc) is 3.04. The fourth-order valence-electron chi connectivity index (χ4n) is 5.89. The Bertz CT molecular complexity index is 1920. The first-order valence-electron chi connectivity index (χ1n) is 14.5. The summed E-state index contributed by atoms with van der Waals surface area (Å²) in [7, 11) is 0. The summed E-state index contributed by atoms with van der Waals surface area (Å²) in [6, 6.07) is 44.6. The Labute approximate surface area is 266 Å². The number of hydrogen-bond acceptors (Lipinski definition) is 4. The van der Waals surface area contributed by atoms with Gasteiger partial charge in [-0.1, -0.05) is 121 Å². The molecule has 212 valence electrons. The fourth-order valence-corrected chi connectivity index (χ4v) is 8.04. The van der Waals surface area contributed by atoms with E-state index in [1.54, 1.807) is 12.1 Å². The van der Waals surface area contributed by atoms with Crippen molar-refractivity contribution in [2.45, 2.75) is 33.4 Å². The lowest BCUT2D eigenvalue weighted by Gasteiger charge is -2.22. The van der Waals surface area contributed by atoms with Crippen LogP contribution < -0.4 is 0 Å². The fraction of sp³-hybridized carbons (Fsp3) is 0.0500. The van der Waals surface area contributed by atoms with Crippen LogP contribution in [0.5, 0.6) is 0 Å². The summed E-state index contributed by atoms with van der Waals surface area (Å²) >= 11 is 3.06. The van der Waals surface area contributed by atoms with Gasteiger partial charge in [-0.05, 0) is 83.6 Å². The third-order valence-electron chi connectivity index (χ3n) is 8.02. The molecule has 0 fully saturated rings. The summed E-state index contributed by atoms with van der Waals surface area (Å²) < 4.78 is 0. The van der Waals surface area contributed by atoms with Gasteiger partial charge in [0.1, 0.15) is 0 Å². The van der Waals surface area contributed by atoms with Gasteiger partial charge in [-0.15, -0.1) is 0 Å². The number of rotatable bonds is 6. The number of ketones is 2. The van der Waals surface area contributed by atoms with Crippen molar-refractivity contribution in [2.24, 2.45) is 0 Å². The summed E-state index contributed by atoms with van der Waals surface area (Å²) in [5.74, 6) is -0.207. The molecule has 1 aliphatic rings. The van der Waals surface area contributed by atoms with E-state index in [-0.39, 0.29) is 11.6 Å². The zero-order valence-corrected chi connectivity index (χ0v) is 26.0. The topological polar surface area (TPSA) is 34.1 Å². The van der Waals surface area contributed by atoms with Crippen molar-refractivity contribution in [3.63, 3.8) is 0 Å². The van der Waals surface area contributed by atoms with Gasteiger partial charge in [0.2, 0.25) is 0 Å². The van der Waals surface area contributed by atoms with E-state index in [9.17, 15) is 9.59 Å². The first-order chi connectivity index (χ1) is 21.5. The SMILES string of the molecule is Cc1cc(Sc2cccc3c2C(=O)c2c(Sc4ccc(-c5ccccc5)c(C)c4)cccc2C3=O)ccc1-c1ccccc1. The van der Waals surface area contributed by atoms with Gasteiger partial charge in [0, 0.05) is 41.8 Å².